The van der Waals surface area contributed by atoms with Crippen LogP contribution in [0.15, 0.2) is 58.7 Å². The minimum Gasteiger partial charge on any atom is -0.497 e. The number of imide groups is 1. The average Bonchev–Trinajstić information content (AvgIpc) is 2.92. The van der Waals surface area contributed by atoms with Crippen molar-refractivity contribution in [1.29, 1.82) is 0 Å². The fraction of sp³-hybridized carbons (Fsp3) is 0.273. The number of benzene rings is 2. The second kappa shape index (κ2) is 9.24. The molecule has 3 rings (SSSR count). The predicted octanol–water partition coefficient (Wildman–Crippen LogP) is 4.07. The van der Waals surface area contributed by atoms with Gasteiger partial charge in [0.25, 0.3) is 11.8 Å². The summed E-state index contributed by atoms with van der Waals surface area (Å²) in [4.78, 5) is 27.4. The molecule has 2 aromatic carbocycles. The standard InChI is InChI=1S/C22H23BrN2O4/c1-14(2)29-12-11-25-21(26)19(15-7-9-18(28-3)10-8-15)20(22(25)27)24-17-6-4-5-16(23)13-17/h4-10,13-14,24H,11-12H2,1-3H3. The number of rotatable bonds is 8. The van der Waals surface area contributed by atoms with E-state index >= 15 is 0 Å². The van der Waals surface area contributed by atoms with Gasteiger partial charge in [-0.15, -0.1) is 0 Å². The van der Waals surface area contributed by atoms with E-state index in [1.54, 1.807) is 31.4 Å². The van der Waals surface area contributed by atoms with Crippen LogP contribution in [0.2, 0.25) is 0 Å². The summed E-state index contributed by atoms with van der Waals surface area (Å²) in [5, 5.41) is 3.13. The number of amides is 2. The van der Waals surface area contributed by atoms with Gasteiger partial charge in [0, 0.05) is 10.2 Å². The first kappa shape index (κ1) is 21.1. The van der Waals surface area contributed by atoms with Crippen molar-refractivity contribution in [1.82, 2.24) is 4.90 Å². The van der Waals surface area contributed by atoms with Crippen LogP contribution in [0.5, 0.6) is 5.75 Å². The molecule has 1 heterocycles. The number of nitrogens with zero attached hydrogens (tertiary/aromatic N) is 1. The van der Waals surface area contributed by atoms with Crippen molar-refractivity contribution in [3.8, 4) is 5.75 Å². The van der Waals surface area contributed by atoms with Crippen LogP contribution in [0.3, 0.4) is 0 Å². The monoisotopic (exact) mass is 458 g/mol. The van der Waals surface area contributed by atoms with Crippen LogP contribution in [-0.2, 0) is 14.3 Å². The van der Waals surface area contributed by atoms with E-state index in [9.17, 15) is 9.59 Å². The average molecular weight is 459 g/mol. The summed E-state index contributed by atoms with van der Waals surface area (Å²) in [7, 11) is 1.58. The molecular formula is C22H23BrN2O4. The lowest BCUT2D eigenvalue weighted by molar-refractivity contribution is -0.137. The molecule has 0 aromatic heterocycles. The minimum atomic E-state index is -0.367. The number of carbonyl (C=O) groups excluding carboxylic acids is 2. The first-order chi connectivity index (χ1) is 13.9. The smallest absolute Gasteiger partial charge is 0.278 e. The van der Waals surface area contributed by atoms with E-state index in [0.717, 1.165) is 4.47 Å². The molecule has 29 heavy (non-hydrogen) atoms. The maximum Gasteiger partial charge on any atom is 0.278 e. The zero-order valence-electron chi connectivity index (χ0n) is 16.6. The van der Waals surface area contributed by atoms with Crippen LogP contribution in [0.25, 0.3) is 5.57 Å². The summed E-state index contributed by atoms with van der Waals surface area (Å²) < 4.78 is 11.6. The maximum atomic E-state index is 13.1. The van der Waals surface area contributed by atoms with Gasteiger partial charge < -0.3 is 14.8 Å². The number of carbonyl (C=O) groups is 2. The van der Waals surface area contributed by atoms with Crippen LogP contribution in [-0.4, -0.2) is 43.1 Å². The van der Waals surface area contributed by atoms with Gasteiger partial charge in [-0.05, 0) is 49.7 Å². The van der Waals surface area contributed by atoms with E-state index in [4.69, 9.17) is 9.47 Å². The molecule has 0 saturated carbocycles. The zero-order valence-corrected chi connectivity index (χ0v) is 18.2. The SMILES string of the molecule is COc1ccc(C2=C(Nc3cccc(Br)c3)C(=O)N(CCOC(C)C)C2=O)cc1. The van der Waals surface area contributed by atoms with Crippen molar-refractivity contribution in [2.24, 2.45) is 0 Å². The first-order valence-electron chi connectivity index (χ1n) is 9.29. The van der Waals surface area contributed by atoms with Gasteiger partial charge in [-0.25, -0.2) is 0 Å². The third-order valence-corrected chi connectivity index (χ3v) is 4.90. The highest BCUT2D eigenvalue weighted by Gasteiger charge is 2.39. The normalized spacial score (nSPS) is 14.2. The number of halogens is 1. The Morgan fingerprint density at radius 1 is 1.07 bits per heavy atom. The summed E-state index contributed by atoms with van der Waals surface area (Å²) in [6.07, 6.45) is 0.0242. The van der Waals surface area contributed by atoms with E-state index in [2.05, 4.69) is 21.2 Å². The van der Waals surface area contributed by atoms with Gasteiger partial charge in [0.1, 0.15) is 11.4 Å². The van der Waals surface area contributed by atoms with Crippen molar-refractivity contribution < 1.29 is 19.1 Å². The molecule has 0 aliphatic carbocycles. The van der Waals surface area contributed by atoms with Crippen LogP contribution < -0.4 is 10.1 Å². The lowest BCUT2D eigenvalue weighted by atomic mass is 10.0. The molecule has 0 bridgehead atoms. The molecule has 152 valence electrons. The Balaban J connectivity index is 1.96. The van der Waals surface area contributed by atoms with Crippen molar-refractivity contribution in [2.45, 2.75) is 20.0 Å². The molecule has 2 amide bonds. The Morgan fingerprint density at radius 2 is 1.79 bits per heavy atom. The zero-order chi connectivity index (χ0) is 21.0. The van der Waals surface area contributed by atoms with Crippen LogP contribution in [0, 0.1) is 0 Å². The highest BCUT2D eigenvalue weighted by atomic mass is 79.9. The van der Waals surface area contributed by atoms with Crippen molar-refractivity contribution in [2.75, 3.05) is 25.6 Å². The van der Waals surface area contributed by atoms with E-state index in [0.29, 0.717) is 22.6 Å². The molecular weight excluding hydrogens is 436 g/mol. The van der Waals surface area contributed by atoms with Gasteiger partial charge in [-0.3, -0.25) is 14.5 Å². The Morgan fingerprint density at radius 3 is 2.41 bits per heavy atom. The Bertz CT molecular complexity index is 938. The number of ether oxygens (including phenoxy) is 2. The van der Waals surface area contributed by atoms with Gasteiger partial charge in [-0.1, -0.05) is 34.1 Å². The molecule has 6 nitrogen and oxygen atoms in total. The lowest BCUT2D eigenvalue weighted by Crippen LogP contribution is -2.35. The maximum absolute atomic E-state index is 13.1. The van der Waals surface area contributed by atoms with E-state index in [-0.39, 0.29) is 36.8 Å². The molecule has 1 N–H and O–H groups in total. The first-order valence-corrected chi connectivity index (χ1v) is 10.1. The summed E-state index contributed by atoms with van der Waals surface area (Å²) >= 11 is 3.43. The molecule has 7 heteroatoms. The summed E-state index contributed by atoms with van der Waals surface area (Å²) in [6.45, 7) is 4.30. The fourth-order valence-corrected chi connectivity index (χ4v) is 3.41. The fourth-order valence-electron chi connectivity index (χ4n) is 3.01. The molecule has 0 fully saturated rings. The summed E-state index contributed by atoms with van der Waals surface area (Å²) in [5.41, 5.74) is 1.95. The number of nitrogens with one attached hydrogen (secondary N) is 1. The van der Waals surface area contributed by atoms with Crippen molar-refractivity contribution in [3.63, 3.8) is 0 Å². The number of hydrogen-bond donors (Lipinski definition) is 1. The molecule has 1 aliphatic rings. The topological polar surface area (TPSA) is 67.9 Å². The van der Waals surface area contributed by atoms with Crippen LogP contribution >= 0.6 is 15.9 Å². The quantitative estimate of drug-likeness (QED) is 0.603. The van der Waals surface area contributed by atoms with Gasteiger partial charge in [0.15, 0.2) is 0 Å². The molecule has 0 atom stereocenters. The van der Waals surface area contributed by atoms with Gasteiger partial charge in [-0.2, -0.15) is 0 Å². The number of hydrogen-bond acceptors (Lipinski definition) is 5. The molecule has 1 aliphatic heterocycles. The summed E-state index contributed by atoms with van der Waals surface area (Å²) in [6, 6.07) is 14.5. The van der Waals surface area contributed by atoms with Crippen molar-refractivity contribution in [3.05, 3.63) is 64.3 Å². The summed E-state index contributed by atoms with van der Waals surface area (Å²) in [5.74, 6) is -0.0343. The van der Waals surface area contributed by atoms with Crippen LogP contribution in [0.4, 0.5) is 5.69 Å². The third kappa shape index (κ3) is 4.86. The second-order valence-corrected chi connectivity index (χ2v) is 7.71. The Labute approximate surface area is 178 Å². The molecule has 0 radical (unpaired) electrons. The highest BCUT2D eigenvalue weighted by molar-refractivity contribution is 9.10. The van der Waals surface area contributed by atoms with Crippen LogP contribution in [0.1, 0.15) is 19.4 Å². The van der Waals surface area contributed by atoms with E-state index in [1.165, 1.54) is 4.90 Å². The van der Waals surface area contributed by atoms with Gasteiger partial charge >= 0.3 is 0 Å². The lowest BCUT2D eigenvalue weighted by Gasteiger charge is -2.16. The van der Waals surface area contributed by atoms with Crippen molar-refractivity contribution >= 4 is 39.0 Å². The highest BCUT2D eigenvalue weighted by Crippen LogP contribution is 2.31. The molecule has 0 unspecified atom stereocenters. The largest absolute Gasteiger partial charge is 0.497 e. The molecule has 0 saturated heterocycles. The minimum absolute atomic E-state index is 0.0242. The predicted molar refractivity (Wildman–Crippen MR) is 115 cm³/mol. The number of anilines is 1. The van der Waals surface area contributed by atoms with Gasteiger partial charge in [0.2, 0.25) is 0 Å². The van der Waals surface area contributed by atoms with E-state index < -0.39 is 0 Å². The third-order valence-electron chi connectivity index (χ3n) is 4.41. The second-order valence-electron chi connectivity index (χ2n) is 6.80. The Kier molecular flexibility index (Phi) is 6.71. The van der Waals surface area contributed by atoms with Gasteiger partial charge in [0.05, 0.1) is 31.9 Å². The Hall–Kier alpha value is -2.64. The molecule has 2 aromatic rings. The molecule has 0 spiro atoms. The number of methoxy groups -OCH3 is 1. The van der Waals surface area contributed by atoms with E-state index in [1.807, 2.05) is 38.1 Å².